The fourth-order valence-electron chi connectivity index (χ4n) is 2.06. The van der Waals surface area contributed by atoms with Crippen LogP contribution in [-0.4, -0.2) is 17.2 Å². The summed E-state index contributed by atoms with van der Waals surface area (Å²) in [7, 11) is 0. The number of nitrogens with two attached hydrogens (primary N) is 1. The van der Waals surface area contributed by atoms with Crippen molar-refractivity contribution in [2.24, 2.45) is 5.73 Å². The maximum absolute atomic E-state index is 13.8. The van der Waals surface area contributed by atoms with E-state index >= 15 is 0 Å². The zero-order valence-corrected chi connectivity index (χ0v) is 12.8. The van der Waals surface area contributed by atoms with Gasteiger partial charge in [-0.15, -0.1) is 0 Å². The molecule has 0 aromatic heterocycles. The Kier molecular flexibility index (Phi) is 4.23. The van der Waals surface area contributed by atoms with Crippen LogP contribution in [0.1, 0.15) is 45.6 Å². The molecule has 2 rings (SSSR count). The van der Waals surface area contributed by atoms with E-state index in [0.29, 0.717) is 17.7 Å². The smallest absolute Gasteiger partial charge is 0.412 e. The van der Waals surface area contributed by atoms with Crippen LogP contribution >= 0.6 is 0 Å². The number of ether oxygens (including phenoxy) is 1. The highest BCUT2D eigenvalue weighted by atomic mass is 19.1. The number of hydrogen-bond donors (Lipinski definition) is 2. The van der Waals surface area contributed by atoms with Crippen molar-refractivity contribution in [3.05, 3.63) is 29.6 Å². The first-order chi connectivity index (χ1) is 9.67. The van der Waals surface area contributed by atoms with Crippen LogP contribution in [0.4, 0.5) is 14.9 Å². The highest BCUT2D eigenvalue weighted by Crippen LogP contribution is 2.36. The van der Waals surface area contributed by atoms with Gasteiger partial charge in [-0.1, -0.05) is 0 Å². The molecule has 1 aromatic carbocycles. The van der Waals surface area contributed by atoms with E-state index in [1.807, 2.05) is 0 Å². The summed E-state index contributed by atoms with van der Waals surface area (Å²) >= 11 is 0. The summed E-state index contributed by atoms with van der Waals surface area (Å²) in [6.45, 7) is 5.37. The monoisotopic (exact) mass is 294 g/mol. The fourth-order valence-corrected chi connectivity index (χ4v) is 2.06. The minimum atomic E-state index is -0.565. The Morgan fingerprint density at radius 1 is 1.43 bits per heavy atom. The largest absolute Gasteiger partial charge is 0.444 e. The number of carbonyl (C=O) groups is 1. The predicted octanol–water partition coefficient (Wildman–Crippen LogP) is 3.60. The van der Waals surface area contributed by atoms with Gasteiger partial charge in [-0.2, -0.15) is 0 Å². The summed E-state index contributed by atoms with van der Waals surface area (Å²) in [5, 5.41) is 2.62. The van der Waals surface area contributed by atoms with Crippen molar-refractivity contribution in [3.8, 4) is 0 Å². The standard InChI is InChI=1S/C16H23FN2O2/c1-15(2,3)21-14(20)19-12-4-5-13(17)11(10-12)6-7-16(18)8-9-16/h4-5,10H,6-9,18H2,1-3H3,(H,19,20). The van der Waals surface area contributed by atoms with Gasteiger partial charge in [-0.3, -0.25) is 5.32 Å². The zero-order chi connectivity index (χ0) is 15.7. The molecule has 0 unspecified atom stereocenters. The first-order valence-electron chi connectivity index (χ1n) is 7.24. The average molecular weight is 294 g/mol. The van der Waals surface area contributed by atoms with Crippen molar-refractivity contribution in [2.75, 3.05) is 5.32 Å². The number of halogens is 1. The number of amides is 1. The van der Waals surface area contributed by atoms with Crippen molar-refractivity contribution in [1.82, 2.24) is 0 Å². The quantitative estimate of drug-likeness (QED) is 0.891. The number of nitrogens with one attached hydrogen (secondary N) is 1. The molecule has 1 saturated carbocycles. The number of aryl methyl sites for hydroxylation is 1. The number of rotatable bonds is 4. The first kappa shape index (κ1) is 15.8. The lowest BCUT2D eigenvalue weighted by Crippen LogP contribution is -2.27. The van der Waals surface area contributed by atoms with Crippen LogP contribution in [0.5, 0.6) is 0 Å². The van der Waals surface area contributed by atoms with E-state index < -0.39 is 11.7 Å². The van der Waals surface area contributed by atoms with Gasteiger partial charge >= 0.3 is 6.09 Å². The Bertz CT molecular complexity index is 534. The van der Waals surface area contributed by atoms with E-state index in [4.69, 9.17) is 10.5 Å². The van der Waals surface area contributed by atoms with Gasteiger partial charge in [0.25, 0.3) is 0 Å². The van der Waals surface area contributed by atoms with Gasteiger partial charge < -0.3 is 10.5 Å². The second-order valence-corrected chi connectivity index (χ2v) is 6.80. The second kappa shape index (κ2) is 5.64. The predicted molar refractivity (Wildman–Crippen MR) is 80.7 cm³/mol. The van der Waals surface area contributed by atoms with Crippen molar-refractivity contribution in [3.63, 3.8) is 0 Å². The number of hydrogen-bond acceptors (Lipinski definition) is 3. The van der Waals surface area contributed by atoms with Gasteiger partial charge in [0, 0.05) is 11.2 Å². The number of benzene rings is 1. The average Bonchev–Trinajstić information content (AvgIpc) is 3.06. The Balaban J connectivity index is 1.98. The van der Waals surface area contributed by atoms with Gasteiger partial charge in [0.15, 0.2) is 0 Å². The second-order valence-electron chi connectivity index (χ2n) is 6.80. The number of anilines is 1. The van der Waals surface area contributed by atoms with E-state index in [0.717, 1.165) is 19.3 Å². The SMILES string of the molecule is CC(C)(C)OC(=O)Nc1ccc(F)c(CCC2(N)CC2)c1. The zero-order valence-electron chi connectivity index (χ0n) is 12.8. The molecule has 0 aliphatic heterocycles. The Morgan fingerprint density at radius 2 is 2.10 bits per heavy atom. The van der Waals surface area contributed by atoms with E-state index in [2.05, 4.69) is 5.32 Å². The molecule has 1 aromatic rings. The molecule has 1 amide bonds. The third-order valence-corrected chi connectivity index (χ3v) is 3.48. The van der Waals surface area contributed by atoms with E-state index in [-0.39, 0.29) is 11.4 Å². The van der Waals surface area contributed by atoms with Crippen molar-refractivity contribution < 1.29 is 13.9 Å². The molecule has 5 heteroatoms. The Labute approximate surface area is 124 Å². The van der Waals surface area contributed by atoms with Crippen LogP contribution < -0.4 is 11.1 Å². The molecule has 4 nitrogen and oxygen atoms in total. The van der Waals surface area contributed by atoms with Crippen LogP contribution in [0.2, 0.25) is 0 Å². The Morgan fingerprint density at radius 3 is 2.67 bits per heavy atom. The normalized spacial score (nSPS) is 16.4. The molecule has 3 N–H and O–H groups in total. The lowest BCUT2D eigenvalue weighted by atomic mass is 10.0. The highest BCUT2D eigenvalue weighted by Gasteiger charge is 2.37. The van der Waals surface area contributed by atoms with Gasteiger partial charge in [0.1, 0.15) is 11.4 Å². The first-order valence-corrected chi connectivity index (χ1v) is 7.24. The molecular weight excluding hydrogens is 271 g/mol. The van der Waals surface area contributed by atoms with Crippen LogP contribution in [0.3, 0.4) is 0 Å². The molecule has 21 heavy (non-hydrogen) atoms. The molecule has 0 radical (unpaired) electrons. The molecular formula is C16H23FN2O2. The lowest BCUT2D eigenvalue weighted by Gasteiger charge is -2.20. The maximum atomic E-state index is 13.8. The molecule has 116 valence electrons. The van der Waals surface area contributed by atoms with E-state index in [1.54, 1.807) is 26.8 Å². The molecule has 1 aliphatic rings. The number of carbonyl (C=O) groups excluding carboxylic acids is 1. The van der Waals surface area contributed by atoms with Crippen molar-refractivity contribution >= 4 is 11.8 Å². The van der Waals surface area contributed by atoms with Gasteiger partial charge in [-0.25, -0.2) is 9.18 Å². The minimum absolute atomic E-state index is 0.110. The van der Waals surface area contributed by atoms with Crippen molar-refractivity contribution in [1.29, 1.82) is 0 Å². The van der Waals surface area contributed by atoms with Gasteiger partial charge in [-0.05, 0) is 70.2 Å². The summed E-state index contributed by atoms with van der Waals surface area (Å²) in [4.78, 5) is 11.7. The van der Waals surface area contributed by atoms with E-state index in [1.165, 1.54) is 12.1 Å². The third-order valence-electron chi connectivity index (χ3n) is 3.48. The molecule has 1 aliphatic carbocycles. The lowest BCUT2D eigenvalue weighted by molar-refractivity contribution is 0.0636. The molecule has 0 atom stereocenters. The summed E-state index contributed by atoms with van der Waals surface area (Å²) in [5.74, 6) is -0.269. The summed E-state index contributed by atoms with van der Waals surface area (Å²) in [5.41, 5.74) is 6.45. The molecule has 0 spiro atoms. The minimum Gasteiger partial charge on any atom is -0.444 e. The van der Waals surface area contributed by atoms with Gasteiger partial charge in [0.05, 0.1) is 0 Å². The van der Waals surface area contributed by atoms with E-state index in [9.17, 15) is 9.18 Å². The third kappa shape index (κ3) is 5.01. The fraction of sp³-hybridized carbons (Fsp3) is 0.562. The Hall–Kier alpha value is -1.62. The molecule has 0 heterocycles. The maximum Gasteiger partial charge on any atom is 0.412 e. The molecule has 0 bridgehead atoms. The summed E-state index contributed by atoms with van der Waals surface area (Å²) in [6.07, 6.45) is 2.80. The molecule has 0 saturated heterocycles. The molecule has 1 fully saturated rings. The van der Waals surface area contributed by atoms with Crippen LogP contribution in [0.15, 0.2) is 18.2 Å². The van der Waals surface area contributed by atoms with Gasteiger partial charge in [0.2, 0.25) is 0 Å². The van der Waals surface area contributed by atoms with Crippen LogP contribution in [0.25, 0.3) is 0 Å². The summed E-state index contributed by atoms with van der Waals surface area (Å²) < 4.78 is 19.0. The topological polar surface area (TPSA) is 64.3 Å². The van der Waals surface area contributed by atoms with Crippen LogP contribution in [0, 0.1) is 5.82 Å². The summed E-state index contributed by atoms with van der Waals surface area (Å²) in [6, 6.07) is 4.53. The highest BCUT2D eigenvalue weighted by molar-refractivity contribution is 5.84. The van der Waals surface area contributed by atoms with Crippen molar-refractivity contribution in [2.45, 2.75) is 57.6 Å². The van der Waals surface area contributed by atoms with Crippen LogP contribution in [-0.2, 0) is 11.2 Å².